The highest BCUT2D eigenvalue weighted by Crippen LogP contribution is 2.42. The van der Waals surface area contributed by atoms with Crippen molar-refractivity contribution in [1.82, 2.24) is 5.01 Å². The number of thioether (sulfide) groups is 1. The second kappa shape index (κ2) is 9.81. The fourth-order valence-corrected chi connectivity index (χ4v) is 4.89. The topological polar surface area (TPSA) is 69.3 Å². The summed E-state index contributed by atoms with van der Waals surface area (Å²) >= 11 is 1.66. The average Bonchev–Trinajstić information content (AvgIpc) is 2.85. The van der Waals surface area contributed by atoms with Crippen LogP contribution in [0.25, 0.3) is 0 Å². The molecule has 5 rings (SSSR count). The summed E-state index contributed by atoms with van der Waals surface area (Å²) in [5, 5.41) is 7.57. The molecule has 2 aliphatic heterocycles. The van der Waals surface area contributed by atoms with E-state index in [1.165, 1.54) is 24.5 Å². The fourth-order valence-electron chi connectivity index (χ4n) is 3.94. The second-order valence-corrected chi connectivity index (χ2v) is 9.29. The van der Waals surface area contributed by atoms with E-state index < -0.39 is 11.7 Å². The van der Waals surface area contributed by atoms with E-state index in [2.05, 4.69) is 15.1 Å². The smallest absolute Gasteiger partial charge is 0.383 e. The number of aliphatic imine (C=N–C) groups is 2. The summed E-state index contributed by atoms with van der Waals surface area (Å²) in [5.74, 6) is 0.706. The van der Waals surface area contributed by atoms with Crippen molar-refractivity contribution in [2.75, 3.05) is 5.88 Å². The number of amidine groups is 2. The molecule has 0 bridgehead atoms. The Bertz CT molecular complexity index is 1440. The lowest BCUT2D eigenvalue weighted by atomic mass is 10.0. The van der Waals surface area contributed by atoms with Gasteiger partial charge in [-0.1, -0.05) is 29.4 Å². The van der Waals surface area contributed by atoms with Gasteiger partial charge < -0.3 is 5.73 Å². The Balaban J connectivity index is 1.26. The molecule has 0 aromatic heterocycles. The number of benzene rings is 3. The average molecular weight is 526 g/mol. The summed E-state index contributed by atoms with van der Waals surface area (Å²) in [7, 11) is 0. The number of nitrogens with two attached hydrogens (primary N) is 1. The van der Waals surface area contributed by atoms with Crippen LogP contribution in [0.4, 0.5) is 28.9 Å². The highest BCUT2D eigenvalue weighted by atomic mass is 32.2. The predicted octanol–water partition coefficient (Wildman–Crippen LogP) is 6.02. The van der Waals surface area contributed by atoms with Crippen LogP contribution >= 0.6 is 11.8 Å². The van der Waals surface area contributed by atoms with E-state index in [1.54, 1.807) is 42.2 Å². The van der Waals surface area contributed by atoms with Gasteiger partial charge in [0.1, 0.15) is 29.6 Å². The van der Waals surface area contributed by atoms with Gasteiger partial charge in [-0.3, -0.25) is 0 Å². The van der Waals surface area contributed by atoms with Crippen molar-refractivity contribution in [1.29, 1.82) is 0 Å². The summed E-state index contributed by atoms with van der Waals surface area (Å²) in [4.78, 5) is 8.10. The SMILES string of the molecule is CC1c2ccc(F)cc2[N+]2=C(SC2)N1/N=C/c1ccc(C(N)=NC=Nc2ccc(C(F)(F)F)cc2)cc1. The Labute approximate surface area is 214 Å². The van der Waals surface area contributed by atoms with Crippen LogP contribution in [0.15, 0.2) is 81.8 Å². The van der Waals surface area contributed by atoms with Gasteiger partial charge >= 0.3 is 11.3 Å². The molecule has 6 nitrogen and oxygen atoms in total. The quantitative estimate of drug-likeness (QED) is 0.192. The molecule has 0 spiro atoms. The summed E-state index contributed by atoms with van der Waals surface area (Å²) in [6, 6.07) is 16.5. The molecule has 0 radical (unpaired) electrons. The van der Waals surface area contributed by atoms with E-state index in [4.69, 9.17) is 5.73 Å². The standard InChI is InChI=1S/C26H21F4N6S/c1-16-22-11-8-20(27)12-23(22)35-15-37-25(35)36(16)34-13-17-2-4-18(5-3-17)24(31)33-14-32-21-9-6-19(7-10-21)26(28,29)30/h2-14,16H,15H2,1H3,(H2,31,32,33)/q+1/b34-13+. The lowest BCUT2D eigenvalue weighted by Gasteiger charge is -2.32. The van der Waals surface area contributed by atoms with Crippen LogP contribution in [0, 0.1) is 5.82 Å². The molecule has 0 amide bonds. The Morgan fingerprint density at radius 2 is 1.81 bits per heavy atom. The minimum absolute atomic E-state index is 0.0445. The zero-order chi connectivity index (χ0) is 26.2. The van der Waals surface area contributed by atoms with Crippen LogP contribution in [0.2, 0.25) is 0 Å². The largest absolute Gasteiger partial charge is 0.416 e. The van der Waals surface area contributed by atoms with Crippen molar-refractivity contribution in [2.45, 2.75) is 19.1 Å². The molecule has 1 unspecified atom stereocenters. The van der Waals surface area contributed by atoms with Gasteiger partial charge in [-0.25, -0.2) is 19.0 Å². The fraction of sp³-hybridized carbons (Fsp3) is 0.154. The minimum Gasteiger partial charge on any atom is -0.383 e. The van der Waals surface area contributed by atoms with Crippen molar-refractivity contribution in [3.8, 4) is 0 Å². The number of alkyl halides is 3. The lowest BCUT2D eigenvalue weighted by Crippen LogP contribution is -2.43. The number of halogens is 4. The molecular weight excluding hydrogens is 504 g/mol. The zero-order valence-electron chi connectivity index (χ0n) is 19.5. The maximum atomic E-state index is 13.8. The molecule has 0 saturated heterocycles. The third kappa shape index (κ3) is 5.12. The lowest BCUT2D eigenvalue weighted by molar-refractivity contribution is -0.434. The Kier molecular flexibility index (Phi) is 6.55. The van der Waals surface area contributed by atoms with Gasteiger partial charge in [-0.2, -0.15) is 13.2 Å². The van der Waals surface area contributed by atoms with E-state index in [0.29, 0.717) is 11.3 Å². The van der Waals surface area contributed by atoms with Crippen molar-refractivity contribution in [2.24, 2.45) is 20.8 Å². The van der Waals surface area contributed by atoms with Crippen LogP contribution in [-0.2, 0) is 6.18 Å². The highest BCUT2D eigenvalue weighted by Gasteiger charge is 2.44. The molecule has 3 aromatic carbocycles. The zero-order valence-corrected chi connectivity index (χ0v) is 20.3. The van der Waals surface area contributed by atoms with Gasteiger partial charge in [-0.05, 0) is 48.9 Å². The summed E-state index contributed by atoms with van der Waals surface area (Å²) in [6.45, 7) is 2.03. The highest BCUT2D eigenvalue weighted by molar-refractivity contribution is 8.14. The summed E-state index contributed by atoms with van der Waals surface area (Å²) < 4.78 is 53.8. The van der Waals surface area contributed by atoms with Crippen LogP contribution in [-0.4, -0.2) is 39.0 Å². The molecule has 0 saturated carbocycles. The van der Waals surface area contributed by atoms with Gasteiger partial charge in [0, 0.05) is 29.0 Å². The van der Waals surface area contributed by atoms with Gasteiger partial charge in [-0.15, -0.1) is 5.01 Å². The molecule has 2 heterocycles. The third-order valence-corrected chi connectivity index (χ3v) is 7.04. The summed E-state index contributed by atoms with van der Waals surface area (Å²) in [5.41, 5.74) is 9.02. The van der Waals surface area contributed by atoms with E-state index in [9.17, 15) is 17.6 Å². The van der Waals surface area contributed by atoms with Crippen molar-refractivity contribution >= 4 is 46.7 Å². The van der Waals surface area contributed by atoms with Crippen LogP contribution in [0.1, 0.15) is 35.2 Å². The molecule has 1 atom stereocenters. The van der Waals surface area contributed by atoms with Crippen LogP contribution in [0.3, 0.4) is 0 Å². The number of rotatable bonds is 5. The van der Waals surface area contributed by atoms with Gasteiger partial charge in [0.05, 0.1) is 17.5 Å². The molecule has 2 aliphatic rings. The van der Waals surface area contributed by atoms with Crippen LogP contribution in [0.5, 0.6) is 0 Å². The molecule has 0 fully saturated rings. The molecule has 3 aromatic rings. The first-order valence-electron chi connectivity index (χ1n) is 11.2. The normalized spacial score (nSPS) is 17.8. The molecule has 0 aliphatic carbocycles. The van der Waals surface area contributed by atoms with E-state index in [0.717, 1.165) is 40.0 Å². The number of fused-ring (bicyclic) bond motifs is 2. The second-order valence-electron chi connectivity index (χ2n) is 8.38. The number of hydrogen-bond acceptors (Lipinski definition) is 4. The van der Waals surface area contributed by atoms with Crippen molar-refractivity contribution in [3.05, 3.63) is 94.8 Å². The number of hydrogen-bond donors (Lipinski definition) is 1. The monoisotopic (exact) mass is 525 g/mol. The number of hydrazone groups is 1. The predicted molar refractivity (Wildman–Crippen MR) is 138 cm³/mol. The summed E-state index contributed by atoms with van der Waals surface area (Å²) in [6.07, 6.45) is -1.44. The first kappa shape index (κ1) is 24.7. The van der Waals surface area contributed by atoms with Gasteiger partial charge in [0.15, 0.2) is 6.04 Å². The van der Waals surface area contributed by atoms with Crippen molar-refractivity contribution < 1.29 is 22.1 Å². The molecule has 11 heteroatoms. The van der Waals surface area contributed by atoms with Gasteiger partial charge in [0.25, 0.3) is 0 Å². The van der Waals surface area contributed by atoms with Crippen molar-refractivity contribution in [3.63, 3.8) is 0 Å². The molecule has 37 heavy (non-hydrogen) atoms. The Morgan fingerprint density at radius 3 is 2.46 bits per heavy atom. The van der Waals surface area contributed by atoms with Gasteiger partial charge in [0.2, 0.25) is 0 Å². The van der Waals surface area contributed by atoms with Crippen LogP contribution < -0.4 is 5.73 Å². The molecular formula is C26H21F4N6S+. The molecule has 2 N–H and O–H groups in total. The van der Waals surface area contributed by atoms with E-state index >= 15 is 0 Å². The Morgan fingerprint density at radius 1 is 1.08 bits per heavy atom. The number of nitrogens with zero attached hydrogens (tertiary/aromatic N) is 5. The maximum absolute atomic E-state index is 13.8. The molecule has 188 valence electrons. The van der Waals surface area contributed by atoms with E-state index in [1.807, 2.05) is 28.6 Å². The minimum atomic E-state index is -4.39. The first-order chi connectivity index (χ1) is 17.7. The first-order valence-corrected chi connectivity index (χ1v) is 12.2. The maximum Gasteiger partial charge on any atom is 0.416 e. The Hall–Kier alpha value is -3.99. The third-order valence-electron chi connectivity index (χ3n) is 5.99. The van der Waals surface area contributed by atoms with E-state index in [-0.39, 0.29) is 17.7 Å².